The van der Waals surface area contributed by atoms with Crippen molar-refractivity contribution in [2.45, 2.75) is 4.90 Å². The number of hydrogen-bond donors (Lipinski definition) is 1. The summed E-state index contributed by atoms with van der Waals surface area (Å²) in [4.78, 5) is 18.0. The zero-order chi connectivity index (χ0) is 28.7. The Labute approximate surface area is 238 Å². The van der Waals surface area contributed by atoms with Crippen LogP contribution >= 0.6 is 11.6 Å². The van der Waals surface area contributed by atoms with Crippen molar-refractivity contribution in [3.8, 4) is 28.4 Å². The van der Waals surface area contributed by atoms with Crippen molar-refractivity contribution in [3.63, 3.8) is 0 Å². The van der Waals surface area contributed by atoms with Crippen LogP contribution in [0.1, 0.15) is 0 Å². The highest BCUT2D eigenvalue weighted by atomic mass is 35.5. The summed E-state index contributed by atoms with van der Waals surface area (Å²) in [5, 5.41) is 3.18. The first kappa shape index (κ1) is 29.1. The van der Waals surface area contributed by atoms with Crippen LogP contribution in [0, 0.1) is 0 Å². The van der Waals surface area contributed by atoms with Crippen LogP contribution in [0.4, 0.5) is 5.95 Å². The lowest BCUT2D eigenvalue weighted by molar-refractivity contribution is -0.116. The monoisotopic (exact) mass is 584 g/mol. The van der Waals surface area contributed by atoms with E-state index in [1.807, 2.05) is 30.3 Å². The van der Waals surface area contributed by atoms with Gasteiger partial charge in [-0.15, -0.1) is 0 Å². The third-order valence-corrected chi connectivity index (χ3v) is 8.10. The van der Waals surface area contributed by atoms with Crippen molar-refractivity contribution in [2.75, 3.05) is 46.3 Å². The highest BCUT2D eigenvalue weighted by Gasteiger charge is 2.27. The van der Waals surface area contributed by atoms with Crippen molar-refractivity contribution in [3.05, 3.63) is 84.0 Å². The summed E-state index contributed by atoms with van der Waals surface area (Å²) in [6.07, 6.45) is 1.78. The van der Waals surface area contributed by atoms with Gasteiger partial charge in [-0.2, -0.15) is 4.31 Å². The van der Waals surface area contributed by atoms with Crippen molar-refractivity contribution >= 4 is 33.5 Å². The molecular weight excluding hydrogens is 556 g/mol. The van der Waals surface area contributed by atoms with Gasteiger partial charge in [-0.05, 0) is 36.4 Å². The van der Waals surface area contributed by atoms with Gasteiger partial charge in [0.25, 0.3) is 0 Å². The first-order chi connectivity index (χ1) is 19.3. The fraction of sp³-hybridized carbons (Fsp3) is 0.214. The van der Waals surface area contributed by atoms with Crippen LogP contribution in [0.3, 0.4) is 0 Å². The van der Waals surface area contributed by atoms with Crippen molar-refractivity contribution in [2.24, 2.45) is 0 Å². The number of imidazole rings is 1. The van der Waals surface area contributed by atoms with E-state index in [0.29, 0.717) is 27.9 Å². The van der Waals surface area contributed by atoms with Crippen LogP contribution in [0.2, 0.25) is 5.02 Å². The van der Waals surface area contributed by atoms with E-state index in [1.165, 1.54) is 38.5 Å². The Bertz CT molecular complexity index is 1560. The maximum Gasteiger partial charge on any atom is 0.243 e. The number of hydrogen-bond acceptors (Lipinski definition) is 7. The molecule has 4 aromatic rings. The molecule has 4 rings (SSSR count). The Morgan fingerprint density at radius 1 is 0.975 bits per heavy atom. The number of methoxy groups -OCH3 is 3. The number of benzene rings is 3. The minimum absolute atomic E-state index is 0.0130. The second-order valence-corrected chi connectivity index (χ2v) is 10.9. The molecule has 0 unspecified atom stereocenters. The molecule has 210 valence electrons. The quantitative estimate of drug-likeness (QED) is 0.261. The Kier molecular flexibility index (Phi) is 9.43. The molecule has 1 amide bonds. The van der Waals surface area contributed by atoms with Gasteiger partial charge in [-0.1, -0.05) is 41.9 Å². The zero-order valence-corrected chi connectivity index (χ0v) is 23.8. The van der Waals surface area contributed by atoms with Crippen molar-refractivity contribution < 1.29 is 27.4 Å². The van der Waals surface area contributed by atoms with E-state index in [2.05, 4.69) is 10.3 Å². The predicted molar refractivity (Wildman–Crippen MR) is 153 cm³/mol. The van der Waals surface area contributed by atoms with Crippen molar-refractivity contribution in [1.82, 2.24) is 13.9 Å². The summed E-state index contributed by atoms with van der Waals surface area (Å²) in [6.45, 7) is -0.402. The number of carbonyl (C=O) groups excluding carboxylic acids is 1. The number of ether oxygens (including phenoxy) is 3. The molecule has 0 aliphatic heterocycles. The first-order valence-electron chi connectivity index (χ1n) is 12.2. The highest BCUT2D eigenvalue weighted by molar-refractivity contribution is 7.89. The fourth-order valence-electron chi connectivity index (χ4n) is 3.95. The molecule has 0 bridgehead atoms. The third-order valence-electron chi connectivity index (χ3n) is 5.99. The number of sulfonamides is 1. The molecule has 0 radical (unpaired) electrons. The molecule has 0 aliphatic rings. The average Bonchev–Trinajstić information content (AvgIpc) is 3.39. The Morgan fingerprint density at radius 2 is 1.68 bits per heavy atom. The van der Waals surface area contributed by atoms with Gasteiger partial charge >= 0.3 is 0 Å². The molecule has 1 N–H and O–H groups in total. The summed E-state index contributed by atoms with van der Waals surface area (Å²) in [7, 11) is 0.513. The van der Waals surface area contributed by atoms with Gasteiger partial charge in [-0.3, -0.25) is 14.7 Å². The van der Waals surface area contributed by atoms with Gasteiger partial charge < -0.3 is 14.2 Å². The lowest BCUT2D eigenvalue weighted by Crippen LogP contribution is -2.40. The second kappa shape index (κ2) is 13.0. The maximum absolute atomic E-state index is 13.3. The van der Waals surface area contributed by atoms with E-state index < -0.39 is 22.5 Å². The predicted octanol–water partition coefficient (Wildman–Crippen LogP) is 4.49. The van der Waals surface area contributed by atoms with E-state index in [0.717, 1.165) is 9.87 Å². The minimum atomic E-state index is -4.02. The topological polar surface area (TPSA) is 112 Å². The molecule has 40 heavy (non-hydrogen) atoms. The van der Waals surface area contributed by atoms with Crippen LogP contribution < -0.4 is 14.8 Å². The number of halogens is 1. The standard InChI is InChI=1S/C28H29ClN4O6S/c1-37-16-15-32(40(35,36)23-12-9-21(29)10-13-23)19-27(34)31-28-30-24(20-7-5-4-6-8-20)18-33(28)22-11-14-25(38-2)26(17-22)39-3/h4-14,17-18H,15-16,19H2,1-3H3,(H,30,31,34). The number of rotatable bonds is 12. The van der Waals surface area contributed by atoms with E-state index in [-0.39, 0.29) is 24.0 Å². The number of carbonyl (C=O) groups is 1. The molecule has 0 fully saturated rings. The van der Waals surface area contributed by atoms with Gasteiger partial charge in [0.2, 0.25) is 21.9 Å². The van der Waals surface area contributed by atoms with Gasteiger partial charge in [0.05, 0.1) is 43.6 Å². The summed E-state index contributed by atoms with van der Waals surface area (Å²) >= 11 is 5.93. The zero-order valence-electron chi connectivity index (χ0n) is 22.2. The summed E-state index contributed by atoms with van der Waals surface area (Å²) in [5.41, 5.74) is 2.09. The lowest BCUT2D eigenvalue weighted by atomic mass is 10.2. The Balaban J connectivity index is 1.67. The number of aromatic nitrogens is 2. The van der Waals surface area contributed by atoms with Gasteiger partial charge in [0.1, 0.15) is 0 Å². The van der Waals surface area contributed by atoms with E-state index >= 15 is 0 Å². The second-order valence-electron chi connectivity index (χ2n) is 8.56. The molecule has 3 aromatic carbocycles. The molecule has 0 saturated heterocycles. The fourth-order valence-corrected chi connectivity index (χ4v) is 5.45. The molecule has 0 spiro atoms. The summed E-state index contributed by atoms with van der Waals surface area (Å²) in [5.74, 6) is 0.653. The normalized spacial score (nSPS) is 11.4. The number of anilines is 1. The molecule has 10 nitrogen and oxygen atoms in total. The smallest absolute Gasteiger partial charge is 0.243 e. The highest BCUT2D eigenvalue weighted by Crippen LogP contribution is 2.32. The Morgan fingerprint density at radius 3 is 2.33 bits per heavy atom. The summed E-state index contributed by atoms with van der Waals surface area (Å²) in [6, 6.07) is 20.5. The Hall–Kier alpha value is -3.90. The van der Waals surface area contributed by atoms with E-state index in [1.54, 1.807) is 36.1 Å². The first-order valence-corrected chi connectivity index (χ1v) is 14.0. The lowest BCUT2D eigenvalue weighted by Gasteiger charge is -2.21. The van der Waals surface area contributed by atoms with Crippen LogP contribution in [-0.4, -0.2) is 69.2 Å². The van der Waals surface area contributed by atoms with Gasteiger partial charge in [0, 0.05) is 36.5 Å². The maximum atomic E-state index is 13.3. The molecule has 0 aliphatic carbocycles. The molecule has 0 saturated carbocycles. The van der Waals surface area contributed by atoms with Gasteiger partial charge in [0.15, 0.2) is 11.5 Å². The number of nitrogens with one attached hydrogen (secondary N) is 1. The van der Waals surface area contributed by atoms with Crippen molar-refractivity contribution in [1.29, 1.82) is 0 Å². The van der Waals surface area contributed by atoms with Crippen LogP contribution in [-0.2, 0) is 19.6 Å². The third kappa shape index (κ3) is 6.62. The molecule has 12 heteroatoms. The number of amides is 1. The average molecular weight is 585 g/mol. The number of nitrogens with zero attached hydrogens (tertiary/aromatic N) is 3. The van der Waals surface area contributed by atoms with E-state index in [9.17, 15) is 13.2 Å². The molecule has 0 atom stereocenters. The van der Waals surface area contributed by atoms with Crippen LogP contribution in [0.15, 0.2) is 83.9 Å². The largest absolute Gasteiger partial charge is 0.493 e. The SMILES string of the molecule is COCCN(CC(=O)Nc1nc(-c2ccccc2)cn1-c1ccc(OC)c(OC)c1)S(=O)(=O)c1ccc(Cl)cc1. The molecular formula is C28H29ClN4O6S. The molecule has 1 aromatic heterocycles. The minimum Gasteiger partial charge on any atom is -0.493 e. The van der Waals surface area contributed by atoms with Crippen LogP contribution in [0.25, 0.3) is 16.9 Å². The van der Waals surface area contributed by atoms with E-state index in [4.69, 9.17) is 25.8 Å². The van der Waals surface area contributed by atoms with Gasteiger partial charge in [-0.25, -0.2) is 13.4 Å². The summed E-state index contributed by atoms with van der Waals surface area (Å²) < 4.78 is 45.3. The molecule has 1 heterocycles. The van der Waals surface area contributed by atoms with Crippen LogP contribution in [0.5, 0.6) is 11.5 Å².